The van der Waals surface area contributed by atoms with E-state index in [1.165, 1.54) is 18.3 Å². The lowest BCUT2D eigenvalue weighted by molar-refractivity contribution is -0.0511. The lowest BCUT2D eigenvalue weighted by Gasteiger charge is -2.49. The summed E-state index contributed by atoms with van der Waals surface area (Å²) in [7, 11) is 0. The molecule has 1 heterocycles. The molecule has 0 bridgehead atoms. The van der Waals surface area contributed by atoms with Gasteiger partial charge in [0.25, 0.3) is 0 Å². The Morgan fingerprint density at radius 1 is 1.38 bits per heavy atom. The first kappa shape index (κ1) is 18.1. The lowest BCUT2D eigenvalue weighted by atomic mass is 9.64. The van der Waals surface area contributed by atoms with Gasteiger partial charge < -0.3 is 15.7 Å². The van der Waals surface area contributed by atoms with Crippen molar-refractivity contribution in [3.63, 3.8) is 0 Å². The van der Waals surface area contributed by atoms with Crippen LogP contribution in [0.4, 0.5) is 16.2 Å². The molecule has 1 aromatic carbocycles. The first-order valence-corrected chi connectivity index (χ1v) is 8.60. The van der Waals surface area contributed by atoms with E-state index in [0.717, 1.165) is 5.56 Å². The van der Waals surface area contributed by atoms with Gasteiger partial charge in [-0.3, -0.25) is 0 Å². The van der Waals surface area contributed by atoms with Gasteiger partial charge in [-0.15, -0.1) is 0 Å². The second-order valence-electron chi connectivity index (χ2n) is 7.14. The van der Waals surface area contributed by atoms with Crippen molar-refractivity contribution in [3.8, 4) is 6.07 Å². The van der Waals surface area contributed by atoms with Gasteiger partial charge in [0.15, 0.2) is 0 Å². The first-order chi connectivity index (χ1) is 12.4. The Morgan fingerprint density at radius 3 is 2.73 bits per heavy atom. The van der Waals surface area contributed by atoms with E-state index in [0.29, 0.717) is 36.7 Å². The summed E-state index contributed by atoms with van der Waals surface area (Å²) in [5.41, 5.74) is 1.11. The van der Waals surface area contributed by atoms with Gasteiger partial charge in [0.2, 0.25) is 5.95 Å². The van der Waals surface area contributed by atoms with E-state index in [1.807, 2.05) is 13.8 Å². The summed E-state index contributed by atoms with van der Waals surface area (Å²) < 4.78 is 12.9. The van der Waals surface area contributed by atoms with Crippen LogP contribution in [0.25, 0.3) is 0 Å². The molecule has 138 valence electrons. The molecule has 0 spiro atoms. The molecule has 6 nitrogen and oxygen atoms in total. The summed E-state index contributed by atoms with van der Waals surface area (Å²) in [5.74, 6) is 0.639. The number of hydrogen-bond donors (Lipinski definition) is 3. The number of aliphatic hydroxyl groups is 1. The van der Waals surface area contributed by atoms with Crippen LogP contribution in [0.3, 0.4) is 0 Å². The van der Waals surface area contributed by atoms with Crippen molar-refractivity contribution in [3.05, 3.63) is 47.4 Å². The lowest BCUT2D eigenvalue weighted by Crippen LogP contribution is -2.57. The summed E-state index contributed by atoms with van der Waals surface area (Å²) in [4.78, 5) is 8.57. The predicted molar refractivity (Wildman–Crippen MR) is 99.3 cm³/mol. The van der Waals surface area contributed by atoms with Crippen LogP contribution in [0.15, 0.2) is 30.5 Å². The van der Waals surface area contributed by atoms with Crippen LogP contribution in [0.5, 0.6) is 0 Å². The molecule has 1 fully saturated rings. The monoisotopic (exact) mass is 357 g/mol. The third-order valence-electron chi connectivity index (χ3n) is 5.05. The third-order valence-corrected chi connectivity index (χ3v) is 5.05. The molecule has 1 aliphatic carbocycles. The highest BCUT2D eigenvalue weighted by molar-refractivity contribution is 5.54. The van der Waals surface area contributed by atoms with Crippen LogP contribution >= 0.6 is 0 Å². The summed E-state index contributed by atoms with van der Waals surface area (Å²) >= 11 is 0. The van der Waals surface area contributed by atoms with E-state index in [4.69, 9.17) is 0 Å². The van der Waals surface area contributed by atoms with Crippen LogP contribution in [-0.2, 0) is 6.42 Å². The first-order valence-electron chi connectivity index (χ1n) is 8.60. The van der Waals surface area contributed by atoms with Crippen LogP contribution < -0.4 is 10.6 Å². The standard InChI is InChI=1S/C19H22FN5O.H2/c1-19(2)15(9-16(19)26)24-17-13(10-21)11-23-18(25-17)22-8-7-12-3-5-14(20)6-4-12;/h3-6,11,15-16,26H,7-9H2,1-2H3,(H2,22,23,24,25);1H/t15-,16+;/m1./s1. The van der Waals surface area contributed by atoms with E-state index < -0.39 is 0 Å². The van der Waals surface area contributed by atoms with Crippen molar-refractivity contribution in [2.45, 2.75) is 38.8 Å². The molecule has 0 radical (unpaired) electrons. The average Bonchev–Trinajstić information content (AvgIpc) is 2.63. The minimum atomic E-state index is -0.360. The number of nitrogens with one attached hydrogen (secondary N) is 2. The number of hydrogen-bond acceptors (Lipinski definition) is 6. The topological polar surface area (TPSA) is 93.9 Å². The van der Waals surface area contributed by atoms with E-state index in [2.05, 4.69) is 26.7 Å². The summed E-state index contributed by atoms with van der Waals surface area (Å²) in [6.45, 7) is 4.55. The van der Waals surface area contributed by atoms with Crippen molar-refractivity contribution in [1.29, 1.82) is 5.26 Å². The maximum Gasteiger partial charge on any atom is 0.224 e. The van der Waals surface area contributed by atoms with Crippen LogP contribution in [0.2, 0.25) is 0 Å². The molecule has 1 saturated carbocycles. The highest BCUT2D eigenvalue weighted by Crippen LogP contribution is 2.42. The van der Waals surface area contributed by atoms with Gasteiger partial charge in [-0.1, -0.05) is 26.0 Å². The molecule has 26 heavy (non-hydrogen) atoms. The zero-order valence-corrected chi connectivity index (χ0v) is 14.8. The van der Waals surface area contributed by atoms with Gasteiger partial charge in [-0.05, 0) is 30.5 Å². The minimum absolute atomic E-state index is 0. The Labute approximate surface area is 153 Å². The number of rotatable bonds is 6. The molecular weight excluding hydrogens is 333 g/mol. The number of nitrogens with zero attached hydrogens (tertiary/aromatic N) is 3. The molecule has 1 aromatic heterocycles. The molecule has 0 aliphatic heterocycles. The zero-order chi connectivity index (χ0) is 18.7. The van der Waals surface area contributed by atoms with Crippen molar-refractivity contribution in [2.75, 3.05) is 17.2 Å². The summed E-state index contributed by atoms with van der Waals surface area (Å²) in [6.07, 6.45) is 2.45. The van der Waals surface area contributed by atoms with E-state index in [1.54, 1.807) is 12.1 Å². The molecule has 7 heteroatoms. The molecule has 0 amide bonds. The molecule has 3 N–H and O–H groups in total. The second kappa shape index (κ2) is 7.26. The van der Waals surface area contributed by atoms with Crippen LogP contribution in [-0.4, -0.2) is 33.8 Å². The highest BCUT2D eigenvalue weighted by Gasteiger charge is 2.47. The Balaban J connectivity index is 0.00000261. The van der Waals surface area contributed by atoms with Gasteiger partial charge in [-0.2, -0.15) is 10.2 Å². The Hall–Kier alpha value is -2.72. The van der Waals surface area contributed by atoms with Crippen molar-refractivity contribution < 1.29 is 10.9 Å². The fourth-order valence-corrected chi connectivity index (χ4v) is 2.94. The second-order valence-corrected chi connectivity index (χ2v) is 7.14. The highest BCUT2D eigenvalue weighted by atomic mass is 19.1. The molecule has 0 unspecified atom stereocenters. The number of aromatic nitrogens is 2. The van der Waals surface area contributed by atoms with Gasteiger partial charge in [0.05, 0.1) is 12.3 Å². The van der Waals surface area contributed by atoms with Crippen LogP contribution in [0, 0.1) is 22.6 Å². The molecule has 3 rings (SSSR count). The largest absolute Gasteiger partial charge is 0.392 e. The Bertz CT molecular complexity index is 822. The molecular formula is C19H24FN5O. The maximum atomic E-state index is 12.9. The third kappa shape index (κ3) is 3.75. The molecule has 2 aromatic rings. The van der Waals surface area contributed by atoms with Gasteiger partial charge in [0.1, 0.15) is 23.3 Å². The number of halogens is 1. The molecule has 2 atom stereocenters. The number of nitriles is 1. The van der Waals surface area contributed by atoms with E-state index in [-0.39, 0.29) is 24.8 Å². The minimum Gasteiger partial charge on any atom is -0.392 e. The quantitative estimate of drug-likeness (QED) is 0.736. The van der Waals surface area contributed by atoms with E-state index >= 15 is 0 Å². The van der Waals surface area contributed by atoms with Crippen LogP contribution in [0.1, 0.15) is 32.8 Å². The smallest absolute Gasteiger partial charge is 0.224 e. The molecule has 1 aliphatic rings. The maximum absolute atomic E-state index is 12.9. The zero-order valence-electron chi connectivity index (χ0n) is 14.8. The van der Waals surface area contributed by atoms with Crippen molar-refractivity contribution in [1.82, 2.24) is 9.97 Å². The number of aliphatic hydroxyl groups excluding tert-OH is 1. The predicted octanol–water partition coefficient (Wildman–Crippen LogP) is 2.96. The van der Waals surface area contributed by atoms with Crippen molar-refractivity contribution >= 4 is 11.8 Å². The summed E-state index contributed by atoms with van der Waals surface area (Å²) in [5, 5.41) is 25.5. The van der Waals surface area contributed by atoms with Crippen molar-refractivity contribution in [2.24, 2.45) is 5.41 Å². The van der Waals surface area contributed by atoms with E-state index in [9.17, 15) is 14.8 Å². The normalized spacial score (nSPS) is 20.7. The average molecular weight is 357 g/mol. The Kier molecular flexibility index (Phi) is 5.05. The SMILES string of the molecule is CC1(C)[C@@H](O)C[C@H]1Nc1nc(NCCc2ccc(F)cc2)ncc1C#N.[HH]. The fraction of sp³-hybridized carbons (Fsp3) is 0.421. The summed E-state index contributed by atoms with van der Waals surface area (Å²) in [6, 6.07) is 8.49. The molecule has 0 saturated heterocycles. The van der Waals surface area contributed by atoms with Gasteiger partial charge in [-0.25, -0.2) is 9.37 Å². The van der Waals surface area contributed by atoms with Gasteiger partial charge >= 0.3 is 0 Å². The van der Waals surface area contributed by atoms with Gasteiger partial charge in [0, 0.05) is 19.4 Å². The Morgan fingerprint density at radius 2 is 2.12 bits per heavy atom. The fourth-order valence-electron chi connectivity index (χ4n) is 2.94. The number of benzene rings is 1. The number of anilines is 2.